The maximum Gasteiger partial charge on any atom is 0.223 e. The van der Waals surface area contributed by atoms with Crippen molar-refractivity contribution in [2.24, 2.45) is 5.92 Å². The third kappa shape index (κ3) is 5.08. The molecule has 34 heavy (non-hydrogen) atoms. The van der Waals surface area contributed by atoms with E-state index in [4.69, 9.17) is 16.3 Å². The minimum atomic E-state index is -0.493. The van der Waals surface area contributed by atoms with E-state index in [0.29, 0.717) is 41.6 Å². The molecule has 0 amide bonds. The SMILES string of the molecule is O=C(C1CCC(Nc2ncc3ncnc(Nc4ccc(F)c(Cl)c4)c3n2)CC1)C1CNCCO1. The number of fused-ring (bicyclic) bond motifs is 1. The van der Waals surface area contributed by atoms with Gasteiger partial charge in [0.1, 0.15) is 29.3 Å². The summed E-state index contributed by atoms with van der Waals surface area (Å²) in [5.74, 6) is 0.687. The molecule has 2 aromatic heterocycles. The predicted octanol–water partition coefficient (Wildman–Crippen LogP) is 3.48. The second kappa shape index (κ2) is 10.1. The first-order valence-electron chi connectivity index (χ1n) is 11.4. The van der Waals surface area contributed by atoms with Crippen LogP contribution in [0.5, 0.6) is 0 Å². The maximum atomic E-state index is 13.5. The number of ether oxygens (including phenoxy) is 1. The van der Waals surface area contributed by atoms with Gasteiger partial charge in [-0.05, 0) is 43.9 Å². The molecule has 1 unspecified atom stereocenters. The highest BCUT2D eigenvalue weighted by Crippen LogP contribution is 2.29. The van der Waals surface area contributed by atoms with Crippen molar-refractivity contribution >= 4 is 45.9 Å². The van der Waals surface area contributed by atoms with Gasteiger partial charge in [-0.25, -0.2) is 24.3 Å². The Morgan fingerprint density at radius 1 is 1.18 bits per heavy atom. The van der Waals surface area contributed by atoms with Crippen molar-refractivity contribution < 1.29 is 13.9 Å². The summed E-state index contributed by atoms with van der Waals surface area (Å²) in [4.78, 5) is 30.3. The molecular weight excluding hydrogens is 461 g/mol. The van der Waals surface area contributed by atoms with Crippen molar-refractivity contribution in [1.29, 1.82) is 0 Å². The summed E-state index contributed by atoms with van der Waals surface area (Å²) in [6.07, 6.45) is 6.05. The second-order valence-electron chi connectivity index (χ2n) is 8.56. The molecule has 1 aliphatic heterocycles. The van der Waals surface area contributed by atoms with E-state index in [0.717, 1.165) is 32.2 Å². The fraction of sp³-hybridized carbons (Fsp3) is 0.435. The topological polar surface area (TPSA) is 114 Å². The molecule has 1 aromatic carbocycles. The van der Waals surface area contributed by atoms with Crippen molar-refractivity contribution in [3.8, 4) is 0 Å². The van der Waals surface area contributed by atoms with E-state index >= 15 is 0 Å². The standard InChI is InChI=1S/C23H25ClFN7O2/c24-16-9-15(5-6-17(16)25)30-22-20-18(28-12-29-22)10-27-23(32-20)31-14-3-1-13(2-4-14)21(33)19-11-26-7-8-34-19/h5-6,9-10,12-14,19,26H,1-4,7-8,11H2,(H,27,31,32)(H,28,29,30). The molecule has 2 aliphatic rings. The molecule has 3 heterocycles. The lowest BCUT2D eigenvalue weighted by atomic mass is 9.82. The average molecular weight is 486 g/mol. The van der Waals surface area contributed by atoms with E-state index in [1.165, 1.54) is 18.5 Å². The summed E-state index contributed by atoms with van der Waals surface area (Å²) in [7, 11) is 0. The number of rotatable bonds is 6. The molecule has 0 bridgehead atoms. The van der Waals surface area contributed by atoms with E-state index in [-0.39, 0.29) is 28.9 Å². The number of morpholine rings is 1. The minimum Gasteiger partial charge on any atom is -0.368 e. The van der Waals surface area contributed by atoms with Gasteiger partial charge in [0.25, 0.3) is 0 Å². The zero-order valence-electron chi connectivity index (χ0n) is 18.4. The molecule has 9 nitrogen and oxygen atoms in total. The number of nitrogens with zero attached hydrogens (tertiary/aromatic N) is 4. The van der Waals surface area contributed by atoms with Crippen LogP contribution in [0.2, 0.25) is 5.02 Å². The summed E-state index contributed by atoms with van der Waals surface area (Å²) < 4.78 is 19.1. The van der Waals surface area contributed by atoms with Crippen LogP contribution in [-0.4, -0.2) is 57.6 Å². The van der Waals surface area contributed by atoms with Gasteiger partial charge < -0.3 is 20.7 Å². The van der Waals surface area contributed by atoms with Crippen molar-refractivity contribution in [3.63, 3.8) is 0 Å². The van der Waals surface area contributed by atoms with E-state index < -0.39 is 5.82 Å². The first-order valence-corrected chi connectivity index (χ1v) is 11.8. The highest BCUT2D eigenvalue weighted by Gasteiger charge is 2.32. The molecule has 0 radical (unpaired) electrons. The normalized spacial score (nSPS) is 22.9. The van der Waals surface area contributed by atoms with Crippen LogP contribution in [0.1, 0.15) is 25.7 Å². The van der Waals surface area contributed by atoms with Crippen LogP contribution < -0.4 is 16.0 Å². The number of nitrogens with one attached hydrogen (secondary N) is 3. The first-order chi connectivity index (χ1) is 16.6. The van der Waals surface area contributed by atoms with E-state index in [9.17, 15) is 9.18 Å². The summed E-state index contributed by atoms with van der Waals surface area (Å²) in [6, 6.07) is 4.51. The molecule has 1 saturated carbocycles. The fourth-order valence-corrected chi connectivity index (χ4v) is 4.62. The van der Waals surface area contributed by atoms with Crippen LogP contribution in [0, 0.1) is 11.7 Å². The van der Waals surface area contributed by atoms with Crippen molar-refractivity contribution in [1.82, 2.24) is 25.3 Å². The summed E-state index contributed by atoms with van der Waals surface area (Å²) in [6.45, 7) is 1.98. The van der Waals surface area contributed by atoms with Crippen LogP contribution in [0.4, 0.5) is 21.8 Å². The predicted molar refractivity (Wildman–Crippen MR) is 127 cm³/mol. The molecule has 1 saturated heterocycles. The van der Waals surface area contributed by atoms with Gasteiger partial charge in [0.15, 0.2) is 11.6 Å². The van der Waals surface area contributed by atoms with Gasteiger partial charge in [0.2, 0.25) is 5.95 Å². The quantitative estimate of drug-likeness (QED) is 0.482. The Balaban J connectivity index is 1.25. The van der Waals surface area contributed by atoms with Crippen molar-refractivity contribution in [3.05, 3.63) is 41.6 Å². The minimum absolute atomic E-state index is 0.0146. The largest absolute Gasteiger partial charge is 0.368 e. The molecule has 1 atom stereocenters. The Kier molecular flexibility index (Phi) is 6.80. The number of carbonyl (C=O) groups excluding carboxylic acids is 1. The monoisotopic (exact) mass is 485 g/mol. The summed E-state index contributed by atoms with van der Waals surface area (Å²) in [5, 5.41) is 9.75. The van der Waals surface area contributed by atoms with Crippen LogP contribution in [0.3, 0.4) is 0 Å². The molecule has 0 spiro atoms. The van der Waals surface area contributed by atoms with Gasteiger partial charge in [-0.15, -0.1) is 0 Å². The number of anilines is 3. The summed E-state index contributed by atoms with van der Waals surface area (Å²) >= 11 is 5.89. The smallest absolute Gasteiger partial charge is 0.223 e. The number of ketones is 1. The van der Waals surface area contributed by atoms with E-state index in [1.54, 1.807) is 12.3 Å². The Morgan fingerprint density at radius 2 is 2.03 bits per heavy atom. The van der Waals surface area contributed by atoms with Crippen LogP contribution in [-0.2, 0) is 9.53 Å². The van der Waals surface area contributed by atoms with Crippen molar-refractivity contribution in [2.45, 2.75) is 37.8 Å². The van der Waals surface area contributed by atoms with Crippen molar-refractivity contribution in [2.75, 3.05) is 30.3 Å². The lowest BCUT2D eigenvalue weighted by Crippen LogP contribution is -2.46. The number of aromatic nitrogens is 4. The molecule has 3 aromatic rings. The number of benzene rings is 1. The third-order valence-electron chi connectivity index (χ3n) is 6.27. The number of carbonyl (C=O) groups is 1. The van der Waals surface area contributed by atoms with Gasteiger partial charge in [0, 0.05) is 30.7 Å². The highest BCUT2D eigenvalue weighted by molar-refractivity contribution is 6.31. The maximum absolute atomic E-state index is 13.5. The van der Waals surface area contributed by atoms with Gasteiger partial charge in [0.05, 0.1) is 17.8 Å². The Labute approximate surface area is 200 Å². The molecule has 178 valence electrons. The molecule has 5 rings (SSSR count). The summed E-state index contributed by atoms with van der Waals surface area (Å²) in [5.41, 5.74) is 1.69. The molecule has 11 heteroatoms. The van der Waals surface area contributed by atoms with Crippen LogP contribution in [0.15, 0.2) is 30.7 Å². The lowest BCUT2D eigenvalue weighted by Gasteiger charge is -2.31. The van der Waals surface area contributed by atoms with Gasteiger partial charge in [-0.1, -0.05) is 11.6 Å². The Bertz CT molecular complexity index is 1180. The first kappa shape index (κ1) is 22.8. The second-order valence-corrected chi connectivity index (χ2v) is 8.97. The van der Waals surface area contributed by atoms with Crippen LogP contribution >= 0.6 is 11.6 Å². The molecule has 3 N–H and O–H groups in total. The van der Waals surface area contributed by atoms with Gasteiger partial charge in [-0.3, -0.25) is 4.79 Å². The van der Waals surface area contributed by atoms with E-state index in [1.807, 2.05) is 0 Å². The fourth-order valence-electron chi connectivity index (χ4n) is 4.44. The zero-order chi connectivity index (χ0) is 23.5. The van der Waals surface area contributed by atoms with Crippen LogP contribution in [0.25, 0.3) is 11.0 Å². The number of halogens is 2. The molecule has 1 aliphatic carbocycles. The number of hydrogen-bond donors (Lipinski definition) is 3. The average Bonchev–Trinajstić information content (AvgIpc) is 2.87. The van der Waals surface area contributed by atoms with Gasteiger partial charge in [-0.2, -0.15) is 0 Å². The molecular formula is C23H25ClFN7O2. The van der Waals surface area contributed by atoms with Gasteiger partial charge >= 0.3 is 0 Å². The highest BCUT2D eigenvalue weighted by atomic mass is 35.5. The number of hydrogen-bond acceptors (Lipinski definition) is 9. The number of Topliss-reactive ketones (excluding diaryl/α,β-unsaturated/α-hetero) is 1. The van der Waals surface area contributed by atoms with E-state index in [2.05, 4.69) is 35.9 Å². The molecule has 2 fully saturated rings. The Hall–Kier alpha value is -2.95. The third-order valence-corrected chi connectivity index (χ3v) is 6.56. The Morgan fingerprint density at radius 3 is 2.79 bits per heavy atom. The zero-order valence-corrected chi connectivity index (χ0v) is 19.2. The lowest BCUT2D eigenvalue weighted by molar-refractivity contribution is -0.137.